The highest BCUT2D eigenvalue weighted by Crippen LogP contribution is 2.22. The SMILES string of the molecule is CCCC(C)CCC(C)CC(C)CC. The van der Waals surface area contributed by atoms with E-state index in [1.165, 1.54) is 38.5 Å². The molecule has 0 aliphatic heterocycles. The van der Waals surface area contributed by atoms with E-state index in [4.69, 9.17) is 0 Å². The monoisotopic (exact) mass is 198 g/mol. The third-order valence-corrected chi connectivity index (χ3v) is 3.44. The average molecular weight is 198 g/mol. The van der Waals surface area contributed by atoms with E-state index in [1.807, 2.05) is 0 Å². The highest BCUT2D eigenvalue weighted by molar-refractivity contribution is 4.61. The zero-order chi connectivity index (χ0) is 11.0. The molecule has 0 aromatic heterocycles. The Kier molecular flexibility index (Phi) is 8.32. The van der Waals surface area contributed by atoms with Gasteiger partial charge in [0, 0.05) is 0 Å². The molecular formula is C14H30. The molecule has 14 heavy (non-hydrogen) atoms. The van der Waals surface area contributed by atoms with Crippen molar-refractivity contribution < 1.29 is 0 Å². The van der Waals surface area contributed by atoms with Gasteiger partial charge in [-0.3, -0.25) is 0 Å². The van der Waals surface area contributed by atoms with E-state index in [9.17, 15) is 0 Å². The summed E-state index contributed by atoms with van der Waals surface area (Å²) in [6, 6.07) is 0. The van der Waals surface area contributed by atoms with Crippen LogP contribution in [0.15, 0.2) is 0 Å². The van der Waals surface area contributed by atoms with Crippen LogP contribution in [0.5, 0.6) is 0 Å². The molecule has 3 unspecified atom stereocenters. The fourth-order valence-electron chi connectivity index (χ4n) is 2.18. The fourth-order valence-corrected chi connectivity index (χ4v) is 2.18. The van der Waals surface area contributed by atoms with Gasteiger partial charge >= 0.3 is 0 Å². The second kappa shape index (κ2) is 8.32. The van der Waals surface area contributed by atoms with Crippen LogP contribution in [0.25, 0.3) is 0 Å². The van der Waals surface area contributed by atoms with Gasteiger partial charge in [-0.1, -0.05) is 66.7 Å². The maximum absolute atomic E-state index is 2.42. The van der Waals surface area contributed by atoms with Crippen LogP contribution in [0.1, 0.15) is 73.1 Å². The van der Waals surface area contributed by atoms with Gasteiger partial charge in [-0.25, -0.2) is 0 Å². The summed E-state index contributed by atoms with van der Waals surface area (Å²) in [5.41, 5.74) is 0. The Morgan fingerprint density at radius 3 is 1.79 bits per heavy atom. The lowest BCUT2D eigenvalue weighted by Crippen LogP contribution is -2.04. The molecule has 0 N–H and O–H groups in total. The molecule has 0 rings (SSSR count). The maximum atomic E-state index is 2.42. The minimum absolute atomic E-state index is 0.923. The van der Waals surface area contributed by atoms with Crippen LogP contribution in [0.3, 0.4) is 0 Å². The summed E-state index contributed by atoms with van der Waals surface area (Å²) >= 11 is 0. The van der Waals surface area contributed by atoms with E-state index in [-0.39, 0.29) is 0 Å². The van der Waals surface area contributed by atoms with Crippen LogP contribution < -0.4 is 0 Å². The minimum Gasteiger partial charge on any atom is -0.0654 e. The third-order valence-electron chi connectivity index (χ3n) is 3.44. The molecule has 0 amide bonds. The quantitative estimate of drug-likeness (QED) is 0.498. The lowest BCUT2D eigenvalue weighted by atomic mass is 9.89. The smallest absolute Gasteiger partial charge is 0.0440 e. The second-order valence-electron chi connectivity index (χ2n) is 5.33. The molecule has 0 bridgehead atoms. The molecule has 0 spiro atoms. The van der Waals surface area contributed by atoms with Crippen molar-refractivity contribution in [1.29, 1.82) is 0 Å². The summed E-state index contributed by atoms with van der Waals surface area (Å²) in [5, 5.41) is 0. The van der Waals surface area contributed by atoms with Crippen molar-refractivity contribution in [3.8, 4) is 0 Å². The zero-order valence-electron chi connectivity index (χ0n) is 11.0. The topological polar surface area (TPSA) is 0 Å². The fraction of sp³-hybridized carbons (Fsp3) is 1.00. The third kappa shape index (κ3) is 7.41. The molecule has 0 heterocycles. The van der Waals surface area contributed by atoms with Gasteiger partial charge < -0.3 is 0 Å². The van der Waals surface area contributed by atoms with Crippen molar-refractivity contribution >= 4 is 0 Å². The number of hydrogen-bond donors (Lipinski definition) is 0. The lowest BCUT2D eigenvalue weighted by molar-refractivity contribution is 0.347. The molecule has 0 nitrogen and oxygen atoms in total. The molecule has 3 atom stereocenters. The maximum Gasteiger partial charge on any atom is -0.0440 e. The Hall–Kier alpha value is 0. The van der Waals surface area contributed by atoms with Crippen LogP contribution in [0.4, 0.5) is 0 Å². The van der Waals surface area contributed by atoms with Crippen molar-refractivity contribution in [3.63, 3.8) is 0 Å². The minimum atomic E-state index is 0.923. The van der Waals surface area contributed by atoms with Crippen LogP contribution in [0, 0.1) is 17.8 Å². The average Bonchev–Trinajstić information content (AvgIpc) is 2.15. The van der Waals surface area contributed by atoms with Crippen LogP contribution in [-0.2, 0) is 0 Å². The van der Waals surface area contributed by atoms with Crippen molar-refractivity contribution in [2.45, 2.75) is 73.1 Å². The van der Waals surface area contributed by atoms with E-state index in [0.717, 1.165) is 17.8 Å². The van der Waals surface area contributed by atoms with Crippen LogP contribution in [0.2, 0.25) is 0 Å². The molecule has 0 aliphatic carbocycles. The Balaban J connectivity index is 3.47. The molecule has 0 aromatic carbocycles. The van der Waals surface area contributed by atoms with Gasteiger partial charge in [0.1, 0.15) is 0 Å². The molecule has 0 radical (unpaired) electrons. The highest BCUT2D eigenvalue weighted by Gasteiger charge is 2.09. The summed E-state index contributed by atoms with van der Waals surface area (Å²) < 4.78 is 0. The predicted octanol–water partition coefficient (Wildman–Crippen LogP) is 5.28. The molecule has 0 heteroatoms. The van der Waals surface area contributed by atoms with E-state index in [0.29, 0.717) is 0 Å². The van der Waals surface area contributed by atoms with Gasteiger partial charge in [0.15, 0.2) is 0 Å². The van der Waals surface area contributed by atoms with Crippen LogP contribution in [-0.4, -0.2) is 0 Å². The molecular weight excluding hydrogens is 168 g/mol. The first-order valence-corrected chi connectivity index (χ1v) is 6.60. The molecule has 0 fully saturated rings. The van der Waals surface area contributed by atoms with E-state index in [2.05, 4.69) is 34.6 Å². The number of rotatable bonds is 8. The lowest BCUT2D eigenvalue weighted by Gasteiger charge is -2.17. The van der Waals surface area contributed by atoms with Gasteiger partial charge in [-0.2, -0.15) is 0 Å². The van der Waals surface area contributed by atoms with Gasteiger partial charge in [0.25, 0.3) is 0 Å². The Labute approximate surface area is 91.5 Å². The van der Waals surface area contributed by atoms with E-state index >= 15 is 0 Å². The summed E-state index contributed by atoms with van der Waals surface area (Å²) in [6.45, 7) is 11.8. The normalized spacial score (nSPS) is 17.8. The van der Waals surface area contributed by atoms with Gasteiger partial charge in [-0.15, -0.1) is 0 Å². The molecule has 86 valence electrons. The molecule has 0 saturated carbocycles. The Morgan fingerprint density at radius 1 is 0.714 bits per heavy atom. The Morgan fingerprint density at radius 2 is 1.29 bits per heavy atom. The van der Waals surface area contributed by atoms with Gasteiger partial charge in [0.05, 0.1) is 0 Å². The van der Waals surface area contributed by atoms with Crippen molar-refractivity contribution in [1.82, 2.24) is 0 Å². The van der Waals surface area contributed by atoms with Crippen molar-refractivity contribution in [2.24, 2.45) is 17.8 Å². The summed E-state index contributed by atoms with van der Waals surface area (Å²) in [5.74, 6) is 2.80. The number of hydrogen-bond acceptors (Lipinski definition) is 0. The van der Waals surface area contributed by atoms with E-state index < -0.39 is 0 Å². The molecule has 0 aromatic rings. The van der Waals surface area contributed by atoms with Gasteiger partial charge in [0.2, 0.25) is 0 Å². The van der Waals surface area contributed by atoms with Crippen molar-refractivity contribution in [3.05, 3.63) is 0 Å². The standard InChI is InChI=1S/C14H30/c1-6-8-13(4)9-10-14(5)11-12(3)7-2/h12-14H,6-11H2,1-5H3. The first kappa shape index (κ1) is 14.0. The molecule has 0 saturated heterocycles. The zero-order valence-corrected chi connectivity index (χ0v) is 11.0. The van der Waals surface area contributed by atoms with E-state index in [1.54, 1.807) is 0 Å². The predicted molar refractivity (Wildman–Crippen MR) is 66.5 cm³/mol. The summed E-state index contributed by atoms with van der Waals surface area (Å²) in [7, 11) is 0. The second-order valence-corrected chi connectivity index (χ2v) is 5.33. The summed E-state index contributed by atoms with van der Waals surface area (Å²) in [6.07, 6.45) is 8.40. The largest absolute Gasteiger partial charge is 0.0654 e. The highest BCUT2D eigenvalue weighted by atomic mass is 14.1. The van der Waals surface area contributed by atoms with Gasteiger partial charge in [-0.05, 0) is 24.2 Å². The summed E-state index contributed by atoms with van der Waals surface area (Å²) in [4.78, 5) is 0. The molecule has 0 aliphatic rings. The first-order valence-electron chi connectivity index (χ1n) is 6.60. The van der Waals surface area contributed by atoms with Crippen molar-refractivity contribution in [2.75, 3.05) is 0 Å². The Bertz CT molecular complexity index is 117. The first-order chi connectivity index (χ1) is 6.60. The van der Waals surface area contributed by atoms with Crippen LogP contribution >= 0.6 is 0 Å².